The molecule has 0 spiro atoms. The van der Waals surface area contributed by atoms with Gasteiger partial charge in [-0.1, -0.05) is 58.9 Å². The summed E-state index contributed by atoms with van der Waals surface area (Å²) in [5.74, 6) is -0.0957. The lowest BCUT2D eigenvalue weighted by Crippen LogP contribution is -2.48. The van der Waals surface area contributed by atoms with Crippen molar-refractivity contribution >= 4 is 5.91 Å². The molecule has 0 unspecified atom stereocenters. The van der Waals surface area contributed by atoms with Crippen LogP contribution < -0.4 is 11.1 Å². The molecule has 0 heterocycles. The van der Waals surface area contributed by atoms with Crippen molar-refractivity contribution in [3.63, 3.8) is 0 Å². The maximum atomic E-state index is 12.1. The number of nitrogens with two attached hydrogens (primary N) is 1. The number of benzene rings is 1. The van der Waals surface area contributed by atoms with Crippen molar-refractivity contribution in [1.29, 1.82) is 0 Å². The minimum absolute atomic E-state index is 0.0957. The number of carbonyl (C=O) groups excluding carboxylic acids is 1. The van der Waals surface area contributed by atoms with Crippen molar-refractivity contribution in [3.05, 3.63) is 35.4 Å². The number of nitrogens with zero attached hydrogens (tertiary/aromatic N) is 1. The normalized spacial score (nSPS) is 13.2. The van der Waals surface area contributed by atoms with Crippen LogP contribution in [0.1, 0.15) is 45.7 Å². The van der Waals surface area contributed by atoms with Crippen LogP contribution in [0.4, 0.5) is 0 Å². The second kappa shape index (κ2) is 8.30. The molecule has 0 aliphatic heterocycles. The van der Waals surface area contributed by atoms with E-state index in [1.54, 1.807) is 0 Å². The van der Waals surface area contributed by atoms with Crippen LogP contribution in [0.2, 0.25) is 0 Å². The van der Waals surface area contributed by atoms with Crippen LogP contribution in [0.5, 0.6) is 0 Å². The first kappa shape index (κ1) is 18.7. The van der Waals surface area contributed by atoms with Crippen LogP contribution in [0.15, 0.2) is 24.3 Å². The van der Waals surface area contributed by atoms with Crippen LogP contribution in [-0.2, 0) is 17.9 Å². The first-order valence-corrected chi connectivity index (χ1v) is 8.11. The lowest BCUT2D eigenvalue weighted by atomic mass is 9.87. The number of amides is 1. The van der Waals surface area contributed by atoms with Gasteiger partial charge in [-0.15, -0.1) is 0 Å². The predicted molar refractivity (Wildman–Crippen MR) is 92.3 cm³/mol. The third-order valence-electron chi connectivity index (χ3n) is 3.97. The molecular weight excluding hydrogens is 274 g/mol. The monoisotopic (exact) mass is 305 g/mol. The van der Waals surface area contributed by atoms with Gasteiger partial charge in [-0.2, -0.15) is 0 Å². The molecule has 0 saturated carbocycles. The number of nitrogens with one attached hydrogen (secondary N) is 1. The highest BCUT2D eigenvalue weighted by molar-refractivity contribution is 5.82. The number of rotatable bonds is 7. The van der Waals surface area contributed by atoms with Crippen molar-refractivity contribution in [3.8, 4) is 0 Å². The summed E-state index contributed by atoms with van der Waals surface area (Å²) in [6, 6.07) is 7.87. The molecule has 0 fully saturated rings. The van der Waals surface area contributed by atoms with Gasteiger partial charge in [0.15, 0.2) is 0 Å². The summed E-state index contributed by atoms with van der Waals surface area (Å²) in [7, 11) is 0. The third kappa shape index (κ3) is 5.78. The van der Waals surface area contributed by atoms with Crippen LogP contribution in [0.3, 0.4) is 0 Å². The Balaban J connectivity index is 2.62. The fraction of sp³-hybridized carbons (Fsp3) is 0.611. The molecule has 0 aromatic heterocycles. The zero-order valence-corrected chi connectivity index (χ0v) is 14.6. The first-order chi connectivity index (χ1) is 10.3. The highest BCUT2D eigenvalue weighted by Crippen LogP contribution is 2.17. The smallest absolute Gasteiger partial charge is 0.237 e. The second-order valence-corrected chi connectivity index (χ2v) is 6.84. The lowest BCUT2D eigenvalue weighted by Gasteiger charge is -2.25. The van der Waals surface area contributed by atoms with Crippen molar-refractivity contribution < 1.29 is 4.79 Å². The zero-order chi connectivity index (χ0) is 16.8. The molecular formula is C18H31N3O. The first-order valence-electron chi connectivity index (χ1n) is 8.11. The Hall–Kier alpha value is -1.39. The number of hydrogen-bond donors (Lipinski definition) is 2. The fourth-order valence-corrected chi connectivity index (χ4v) is 2.24. The van der Waals surface area contributed by atoms with Gasteiger partial charge in [-0.3, -0.25) is 9.69 Å². The summed E-state index contributed by atoms with van der Waals surface area (Å²) in [6.07, 6.45) is 0. The summed E-state index contributed by atoms with van der Waals surface area (Å²) in [4.78, 5) is 14.4. The van der Waals surface area contributed by atoms with E-state index in [1.165, 1.54) is 5.56 Å². The van der Waals surface area contributed by atoms with E-state index in [4.69, 9.17) is 5.73 Å². The molecule has 0 aliphatic carbocycles. The summed E-state index contributed by atoms with van der Waals surface area (Å²) in [5.41, 5.74) is 8.13. The number of hydrogen-bond acceptors (Lipinski definition) is 3. The van der Waals surface area contributed by atoms with Gasteiger partial charge in [0.05, 0.1) is 6.04 Å². The minimum atomic E-state index is -0.494. The Bertz CT molecular complexity index is 475. The summed E-state index contributed by atoms with van der Waals surface area (Å²) >= 11 is 0. The zero-order valence-electron chi connectivity index (χ0n) is 14.6. The Labute approximate surface area is 135 Å². The van der Waals surface area contributed by atoms with Crippen LogP contribution in [-0.4, -0.2) is 29.9 Å². The van der Waals surface area contributed by atoms with E-state index in [0.717, 1.165) is 25.2 Å². The van der Waals surface area contributed by atoms with Gasteiger partial charge in [-0.05, 0) is 29.6 Å². The maximum Gasteiger partial charge on any atom is 0.237 e. The van der Waals surface area contributed by atoms with Gasteiger partial charge in [0, 0.05) is 13.1 Å². The Morgan fingerprint density at radius 1 is 1.23 bits per heavy atom. The van der Waals surface area contributed by atoms with E-state index in [-0.39, 0.29) is 11.3 Å². The van der Waals surface area contributed by atoms with Crippen molar-refractivity contribution in [2.45, 2.75) is 53.8 Å². The predicted octanol–water partition coefficient (Wildman–Crippen LogP) is 2.52. The third-order valence-corrected chi connectivity index (χ3v) is 3.97. The second-order valence-electron chi connectivity index (χ2n) is 6.84. The SMILES string of the molecule is CCN(CC)Cc1cccc(CNC(=O)[C@@H](N)C(C)(C)C)c1. The summed E-state index contributed by atoms with van der Waals surface area (Å²) < 4.78 is 0. The molecule has 1 rings (SSSR count). The average molecular weight is 305 g/mol. The van der Waals surface area contributed by atoms with E-state index in [1.807, 2.05) is 32.9 Å². The molecule has 0 saturated heterocycles. The van der Waals surface area contributed by atoms with Gasteiger partial charge in [-0.25, -0.2) is 0 Å². The van der Waals surface area contributed by atoms with Crippen molar-refractivity contribution in [1.82, 2.24) is 10.2 Å². The van der Waals surface area contributed by atoms with Crippen LogP contribution in [0, 0.1) is 5.41 Å². The molecule has 124 valence electrons. The van der Waals surface area contributed by atoms with Gasteiger partial charge in [0.25, 0.3) is 0 Å². The van der Waals surface area contributed by atoms with E-state index in [2.05, 4.69) is 36.2 Å². The molecule has 4 heteroatoms. The molecule has 22 heavy (non-hydrogen) atoms. The van der Waals surface area contributed by atoms with Crippen molar-refractivity contribution in [2.24, 2.45) is 11.1 Å². The molecule has 1 atom stereocenters. The summed E-state index contributed by atoms with van der Waals surface area (Å²) in [6.45, 7) is 13.8. The quantitative estimate of drug-likeness (QED) is 0.814. The number of carbonyl (C=O) groups is 1. The fourth-order valence-electron chi connectivity index (χ4n) is 2.24. The van der Waals surface area contributed by atoms with E-state index in [0.29, 0.717) is 6.54 Å². The van der Waals surface area contributed by atoms with Gasteiger partial charge >= 0.3 is 0 Å². The molecule has 0 aliphatic rings. The van der Waals surface area contributed by atoms with E-state index >= 15 is 0 Å². The van der Waals surface area contributed by atoms with E-state index < -0.39 is 6.04 Å². The molecule has 0 radical (unpaired) electrons. The molecule has 1 aromatic rings. The topological polar surface area (TPSA) is 58.4 Å². The van der Waals surface area contributed by atoms with Crippen LogP contribution >= 0.6 is 0 Å². The maximum absolute atomic E-state index is 12.1. The Morgan fingerprint density at radius 3 is 2.36 bits per heavy atom. The van der Waals surface area contributed by atoms with Gasteiger partial charge in [0.2, 0.25) is 5.91 Å². The molecule has 3 N–H and O–H groups in total. The Kier molecular flexibility index (Phi) is 7.04. The molecule has 4 nitrogen and oxygen atoms in total. The molecule has 1 amide bonds. The molecule has 1 aromatic carbocycles. The molecule has 0 bridgehead atoms. The Morgan fingerprint density at radius 2 is 1.82 bits per heavy atom. The van der Waals surface area contributed by atoms with Crippen LogP contribution in [0.25, 0.3) is 0 Å². The average Bonchev–Trinajstić information content (AvgIpc) is 2.49. The lowest BCUT2D eigenvalue weighted by molar-refractivity contribution is -0.124. The van der Waals surface area contributed by atoms with Crippen molar-refractivity contribution in [2.75, 3.05) is 13.1 Å². The van der Waals surface area contributed by atoms with E-state index in [9.17, 15) is 4.79 Å². The highest BCUT2D eigenvalue weighted by atomic mass is 16.2. The largest absolute Gasteiger partial charge is 0.351 e. The standard InChI is InChI=1S/C18H31N3O/c1-6-21(7-2)13-15-10-8-9-14(11-15)12-20-17(22)16(19)18(3,4)5/h8-11,16H,6-7,12-13,19H2,1-5H3,(H,20,22)/t16-/m1/s1. The van der Waals surface area contributed by atoms with Gasteiger partial charge < -0.3 is 11.1 Å². The van der Waals surface area contributed by atoms with Gasteiger partial charge in [0.1, 0.15) is 0 Å². The highest BCUT2D eigenvalue weighted by Gasteiger charge is 2.27. The summed E-state index contributed by atoms with van der Waals surface area (Å²) in [5, 5.41) is 2.94. The minimum Gasteiger partial charge on any atom is -0.351 e.